The summed E-state index contributed by atoms with van der Waals surface area (Å²) in [6.45, 7) is 2.53. The van der Waals surface area contributed by atoms with Crippen LogP contribution in [0.15, 0.2) is 17.7 Å². The van der Waals surface area contributed by atoms with E-state index in [4.69, 9.17) is 9.47 Å². The molecule has 2 rings (SSSR count). The highest BCUT2D eigenvalue weighted by atomic mass is 19.4. The lowest BCUT2D eigenvalue weighted by molar-refractivity contribution is -0.222. The van der Waals surface area contributed by atoms with Crippen LogP contribution in [0.1, 0.15) is 25.0 Å². The summed E-state index contributed by atoms with van der Waals surface area (Å²) in [7, 11) is 0. The molecule has 0 aliphatic carbocycles. The van der Waals surface area contributed by atoms with Gasteiger partial charge in [0.1, 0.15) is 17.2 Å². The third-order valence-corrected chi connectivity index (χ3v) is 2.81. The van der Waals surface area contributed by atoms with Crippen molar-refractivity contribution in [2.24, 2.45) is 0 Å². The van der Waals surface area contributed by atoms with Crippen molar-refractivity contribution in [1.82, 2.24) is 0 Å². The van der Waals surface area contributed by atoms with Gasteiger partial charge in [0, 0.05) is 19.4 Å². The van der Waals surface area contributed by atoms with Gasteiger partial charge < -0.3 is 9.47 Å². The number of carbonyl (C=O) groups is 2. The monoisotopic (exact) mass is 336 g/mol. The first-order valence-electron chi connectivity index (χ1n) is 6.15. The van der Waals surface area contributed by atoms with E-state index in [2.05, 4.69) is 0 Å². The number of cyclic esters (lactones) is 2. The van der Waals surface area contributed by atoms with E-state index in [-0.39, 0.29) is 12.1 Å². The van der Waals surface area contributed by atoms with Gasteiger partial charge in [0.05, 0.1) is 5.56 Å². The van der Waals surface area contributed by atoms with E-state index in [1.807, 2.05) is 0 Å². The molecule has 0 bridgehead atoms. The second-order valence-electron chi connectivity index (χ2n) is 5.09. The molecule has 1 aromatic carbocycles. The average molecular weight is 336 g/mol. The summed E-state index contributed by atoms with van der Waals surface area (Å²) in [5.74, 6) is -7.14. The number of carbonyl (C=O) groups excluding carboxylic acids is 2. The Kier molecular flexibility index (Phi) is 3.91. The lowest BCUT2D eigenvalue weighted by atomic mass is 10.1. The molecular weight excluding hydrogens is 327 g/mol. The number of benzene rings is 1. The molecule has 0 aromatic heterocycles. The smallest absolute Gasteiger partial charge is 0.416 e. The van der Waals surface area contributed by atoms with E-state index in [1.54, 1.807) is 0 Å². The first kappa shape index (κ1) is 16.9. The van der Waals surface area contributed by atoms with Crippen molar-refractivity contribution in [2.75, 3.05) is 0 Å². The number of hydrogen-bond acceptors (Lipinski definition) is 4. The summed E-state index contributed by atoms with van der Waals surface area (Å²) in [4.78, 5) is 23.3. The summed E-state index contributed by atoms with van der Waals surface area (Å²) < 4.78 is 74.2. The van der Waals surface area contributed by atoms with Gasteiger partial charge in [0.15, 0.2) is 0 Å². The molecule has 0 unspecified atom stereocenters. The summed E-state index contributed by atoms with van der Waals surface area (Å²) >= 11 is 0. The minimum atomic E-state index is -4.94. The van der Waals surface area contributed by atoms with Crippen LogP contribution >= 0.6 is 0 Å². The van der Waals surface area contributed by atoms with Crippen LogP contribution in [0.3, 0.4) is 0 Å². The minimum Gasteiger partial charge on any atom is -0.419 e. The molecule has 4 nitrogen and oxygen atoms in total. The predicted octanol–water partition coefficient (Wildman–Crippen LogP) is 3.20. The predicted molar refractivity (Wildman–Crippen MR) is 65.6 cm³/mol. The van der Waals surface area contributed by atoms with Crippen molar-refractivity contribution in [3.05, 3.63) is 40.5 Å². The molecule has 1 aromatic rings. The maximum atomic E-state index is 13.7. The molecule has 0 amide bonds. The Morgan fingerprint density at radius 1 is 1.00 bits per heavy atom. The molecule has 0 saturated carbocycles. The Hall–Kier alpha value is -2.45. The minimum absolute atomic E-state index is 0.0545. The van der Waals surface area contributed by atoms with E-state index in [0.717, 1.165) is 0 Å². The molecule has 0 atom stereocenters. The Bertz CT molecular complexity index is 673. The topological polar surface area (TPSA) is 52.6 Å². The van der Waals surface area contributed by atoms with E-state index in [9.17, 15) is 31.5 Å². The van der Waals surface area contributed by atoms with E-state index in [0.29, 0.717) is 6.08 Å². The van der Waals surface area contributed by atoms with Gasteiger partial charge in [0.25, 0.3) is 5.79 Å². The van der Waals surface area contributed by atoms with Crippen molar-refractivity contribution in [3.8, 4) is 0 Å². The fourth-order valence-corrected chi connectivity index (χ4v) is 1.81. The van der Waals surface area contributed by atoms with Gasteiger partial charge >= 0.3 is 18.1 Å². The normalized spacial score (nSPS) is 17.6. The van der Waals surface area contributed by atoms with Crippen LogP contribution in [0.25, 0.3) is 6.08 Å². The van der Waals surface area contributed by atoms with Gasteiger partial charge in [-0.15, -0.1) is 0 Å². The van der Waals surface area contributed by atoms with E-state index >= 15 is 0 Å². The van der Waals surface area contributed by atoms with Crippen LogP contribution in [0.5, 0.6) is 0 Å². The molecule has 0 N–H and O–H groups in total. The van der Waals surface area contributed by atoms with Crippen molar-refractivity contribution in [3.63, 3.8) is 0 Å². The van der Waals surface area contributed by atoms with Gasteiger partial charge in [-0.3, -0.25) is 0 Å². The number of esters is 2. The second kappa shape index (κ2) is 5.32. The third-order valence-electron chi connectivity index (χ3n) is 2.81. The summed E-state index contributed by atoms with van der Waals surface area (Å²) in [6.07, 6.45) is -4.50. The molecule has 1 aliphatic rings. The van der Waals surface area contributed by atoms with Gasteiger partial charge in [-0.25, -0.2) is 18.4 Å². The zero-order valence-electron chi connectivity index (χ0n) is 11.8. The van der Waals surface area contributed by atoms with Crippen LogP contribution < -0.4 is 0 Å². The molecule has 9 heteroatoms. The molecule has 1 saturated heterocycles. The van der Waals surface area contributed by atoms with Crippen molar-refractivity contribution in [2.45, 2.75) is 25.8 Å². The second-order valence-corrected chi connectivity index (χ2v) is 5.09. The Labute approximate surface area is 126 Å². The molecule has 1 heterocycles. The molecule has 0 radical (unpaired) electrons. The fraction of sp³-hybridized carbons (Fsp3) is 0.286. The fourth-order valence-electron chi connectivity index (χ4n) is 1.81. The highest BCUT2D eigenvalue weighted by molar-refractivity contribution is 6.18. The molecule has 1 fully saturated rings. The number of rotatable bonds is 1. The average Bonchev–Trinajstić information content (AvgIpc) is 2.33. The lowest BCUT2D eigenvalue weighted by Crippen LogP contribution is -2.41. The summed E-state index contributed by atoms with van der Waals surface area (Å²) in [5, 5.41) is 0. The SMILES string of the molecule is CC1(C)OC(=O)C(=Cc2c(F)cc(C(F)(F)F)cc2F)C(=O)O1. The van der Waals surface area contributed by atoms with Gasteiger partial charge in [-0.05, 0) is 18.2 Å². The molecule has 23 heavy (non-hydrogen) atoms. The van der Waals surface area contributed by atoms with E-state index < -0.39 is 52.2 Å². The van der Waals surface area contributed by atoms with Gasteiger partial charge in [-0.2, -0.15) is 13.2 Å². The quantitative estimate of drug-likeness (QED) is 0.342. The zero-order valence-corrected chi connectivity index (χ0v) is 11.8. The first-order chi connectivity index (χ1) is 10.4. The maximum Gasteiger partial charge on any atom is 0.416 e. The number of ether oxygens (including phenoxy) is 2. The van der Waals surface area contributed by atoms with Gasteiger partial charge in [-0.1, -0.05) is 0 Å². The zero-order chi connectivity index (χ0) is 17.6. The van der Waals surface area contributed by atoms with Crippen LogP contribution in [0.4, 0.5) is 22.0 Å². The standard InChI is InChI=1S/C14H9F5O4/c1-13(2)22-11(20)8(12(21)23-13)5-7-9(15)3-6(4-10(7)16)14(17,18)19/h3-5H,1-2H3. The molecular formula is C14H9F5O4. The lowest BCUT2D eigenvalue weighted by Gasteiger charge is -2.29. The van der Waals surface area contributed by atoms with Crippen molar-refractivity contribution >= 4 is 18.0 Å². The third kappa shape index (κ3) is 3.49. The largest absolute Gasteiger partial charge is 0.419 e. The highest BCUT2D eigenvalue weighted by Crippen LogP contribution is 2.32. The Morgan fingerprint density at radius 3 is 1.83 bits per heavy atom. The van der Waals surface area contributed by atoms with Gasteiger partial charge in [0.2, 0.25) is 0 Å². The van der Waals surface area contributed by atoms with Crippen LogP contribution in [-0.2, 0) is 25.2 Å². The Balaban J connectivity index is 2.48. The first-order valence-corrected chi connectivity index (χ1v) is 6.15. The Morgan fingerprint density at radius 2 is 1.43 bits per heavy atom. The molecule has 0 spiro atoms. The summed E-state index contributed by atoms with van der Waals surface area (Å²) in [6, 6.07) is 0.109. The molecule has 1 aliphatic heterocycles. The molecule has 124 valence electrons. The van der Waals surface area contributed by atoms with Crippen LogP contribution in [-0.4, -0.2) is 17.7 Å². The van der Waals surface area contributed by atoms with Crippen molar-refractivity contribution < 1.29 is 41.0 Å². The number of alkyl halides is 3. The van der Waals surface area contributed by atoms with E-state index in [1.165, 1.54) is 13.8 Å². The highest BCUT2D eigenvalue weighted by Gasteiger charge is 2.39. The number of hydrogen-bond donors (Lipinski definition) is 0. The van der Waals surface area contributed by atoms with Crippen molar-refractivity contribution in [1.29, 1.82) is 0 Å². The number of halogens is 5. The van der Waals surface area contributed by atoms with Crippen LogP contribution in [0.2, 0.25) is 0 Å². The summed E-state index contributed by atoms with van der Waals surface area (Å²) in [5.41, 5.74) is -3.35. The van der Waals surface area contributed by atoms with Crippen LogP contribution in [0, 0.1) is 11.6 Å². The maximum absolute atomic E-state index is 13.7.